The lowest BCUT2D eigenvalue weighted by Gasteiger charge is -2.11. The van der Waals surface area contributed by atoms with Crippen LogP contribution in [0.15, 0.2) is 36.7 Å². The first-order valence-corrected chi connectivity index (χ1v) is 9.84. The van der Waals surface area contributed by atoms with Gasteiger partial charge in [0.15, 0.2) is 0 Å². The molecule has 3 N–H and O–H groups in total. The van der Waals surface area contributed by atoms with Crippen LogP contribution in [0.25, 0.3) is 10.9 Å². The van der Waals surface area contributed by atoms with Gasteiger partial charge in [-0.3, -0.25) is 0 Å². The van der Waals surface area contributed by atoms with E-state index in [2.05, 4.69) is 39.1 Å². The number of hydrogen-bond acceptors (Lipinski definition) is 5. The lowest BCUT2D eigenvalue weighted by molar-refractivity contribution is 0.360. The van der Waals surface area contributed by atoms with Crippen LogP contribution in [0.1, 0.15) is 5.56 Å². The number of nitrogen functional groups attached to an aromatic ring is 1. The molecule has 1 aliphatic heterocycles. The van der Waals surface area contributed by atoms with Gasteiger partial charge in [0.1, 0.15) is 18.0 Å². The third-order valence-corrected chi connectivity index (χ3v) is 5.97. The number of likely N-dealkylation sites (tertiary alicyclic amines) is 1. The van der Waals surface area contributed by atoms with Gasteiger partial charge in [0.05, 0.1) is 11.2 Å². The van der Waals surface area contributed by atoms with Gasteiger partial charge >= 0.3 is 0 Å². The maximum absolute atomic E-state index is 14.1. The summed E-state index contributed by atoms with van der Waals surface area (Å²) in [6.45, 7) is 2.25. The molecule has 5 rings (SSSR count). The van der Waals surface area contributed by atoms with Crippen molar-refractivity contribution < 1.29 is 4.39 Å². The summed E-state index contributed by atoms with van der Waals surface area (Å²) in [4.78, 5) is 10.9. The molecule has 0 radical (unpaired) electrons. The molecule has 7 heteroatoms. The number of nitrogens with one attached hydrogen (secondary N) is 1. The summed E-state index contributed by atoms with van der Waals surface area (Å²) < 4.78 is 14.1. The molecule has 0 bridgehead atoms. The fourth-order valence-corrected chi connectivity index (χ4v) is 4.33. The highest BCUT2D eigenvalue weighted by molar-refractivity contribution is 6.30. The van der Waals surface area contributed by atoms with Gasteiger partial charge in [0, 0.05) is 40.7 Å². The third-order valence-electron chi connectivity index (χ3n) is 5.74. The zero-order chi connectivity index (χ0) is 20.1. The van der Waals surface area contributed by atoms with Crippen molar-refractivity contribution in [2.75, 3.05) is 31.2 Å². The molecule has 2 aromatic carbocycles. The predicted molar refractivity (Wildman–Crippen MR) is 113 cm³/mol. The van der Waals surface area contributed by atoms with E-state index >= 15 is 0 Å². The van der Waals surface area contributed by atoms with Gasteiger partial charge in [-0.05, 0) is 49.2 Å². The summed E-state index contributed by atoms with van der Waals surface area (Å²) in [7, 11) is 2.15. The Morgan fingerprint density at radius 2 is 2.00 bits per heavy atom. The molecule has 3 aromatic rings. The summed E-state index contributed by atoms with van der Waals surface area (Å²) in [6.07, 6.45) is 1.43. The van der Waals surface area contributed by atoms with Crippen molar-refractivity contribution in [3.63, 3.8) is 0 Å². The number of piperidine rings is 1. The van der Waals surface area contributed by atoms with E-state index in [1.807, 2.05) is 6.07 Å². The number of halogens is 2. The minimum absolute atomic E-state index is 0.241. The van der Waals surface area contributed by atoms with Crippen LogP contribution in [-0.4, -0.2) is 35.0 Å². The van der Waals surface area contributed by atoms with E-state index in [4.69, 9.17) is 17.3 Å². The van der Waals surface area contributed by atoms with Crippen LogP contribution in [0.4, 0.5) is 21.6 Å². The molecule has 0 amide bonds. The molecule has 2 unspecified atom stereocenters. The maximum atomic E-state index is 14.1. The van der Waals surface area contributed by atoms with Gasteiger partial charge in [0.25, 0.3) is 0 Å². The van der Waals surface area contributed by atoms with Crippen molar-refractivity contribution in [2.24, 2.45) is 17.8 Å². The average molecular weight is 408 g/mol. The van der Waals surface area contributed by atoms with E-state index in [9.17, 15) is 4.39 Å². The Labute approximate surface area is 173 Å². The minimum Gasteiger partial charge on any atom is -0.398 e. The number of rotatable bonds is 2. The van der Waals surface area contributed by atoms with Crippen molar-refractivity contribution in [3.8, 4) is 11.8 Å². The van der Waals surface area contributed by atoms with Crippen LogP contribution >= 0.6 is 11.6 Å². The molecule has 1 aromatic heterocycles. The number of benzene rings is 2. The number of hydrogen-bond donors (Lipinski definition) is 2. The van der Waals surface area contributed by atoms with Gasteiger partial charge < -0.3 is 16.0 Å². The highest BCUT2D eigenvalue weighted by Gasteiger charge is 2.53. The number of fused-ring (bicyclic) bond motifs is 2. The van der Waals surface area contributed by atoms with Crippen LogP contribution in [0.2, 0.25) is 5.02 Å². The van der Waals surface area contributed by atoms with Gasteiger partial charge in [-0.2, -0.15) is 0 Å². The van der Waals surface area contributed by atoms with Gasteiger partial charge in [-0.15, -0.1) is 0 Å². The van der Waals surface area contributed by atoms with E-state index < -0.39 is 5.82 Å². The van der Waals surface area contributed by atoms with Gasteiger partial charge in [-0.25, -0.2) is 14.4 Å². The number of aromatic nitrogens is 2. The summed E-state index contributed by atoms with van der Waals surface area (Å²) >= 11 is 5.98. The molecule has 1 aliphatic carbocycles. The largest absolute Gasteiger partial charge is 0.398 e. The van der Waals surface area contributed by atoms with Crippen LogP contribution in [0.3, 0.4) is 0 Å². The van der Waals surface area contributed by atoms with Crippen molar-refractivity contribution >= 4 is 39.7 Å². The first-order valence-electron chi connectivity index (χ1n) is 9.46. The first-order chi connectivity index (χ1) is 14.0. The Morgan fingerprint density at radius 1 is 1.21 bits per heavy atom. The molecule has 0 spiro atoms. The minimum atomic E-state index is -0.419. The highest BCUT2D eigenvalue weighted by Crippen LogP contribution is 2.50. The summed E-state index contributed by atoms with van der Waals surface area (Å²) in [5.41, 5.74) is 8.50. The zero-order valence-electron chi connectivity index (χ0n) is 15.8. The number of anilines is 3. The molecule has 2 aliphatic rings. The molecular formula is C22H19ClFN5. The fraction of sp³-hybridized carbons (Fsp3) is 0.273. The Bertz CT molecular complexity index is 1170. The second kappa shape index (κ2) is 6.87. The zero-order valence-corrected chi connectivity index (χ0v) is 16.5. The Morgan fingerprint density at radius 3 is 2.79 bits per heavy atom. The van der Waals surface area contributed by atoms with E-state index in [1.165, 1.54) is 24.5 Å². The number of nitrogens with zero attached hydrogens (tertiary/aromatic N) is 3. The van der Waals surface area contributed by atoms with Crippen molar-refractivity contribution in [2.45, 2.75) is 0 Å². The van der Waals surface area contributed by atoms with E-state index in [-0.39, 0.29) is 5.69 Å². The molecule has 5 nitrogen and oxygen atoms in total. The molecule has 1 saturated heterocycles. The van der Waals surface area contributed by atoms with Gasteiger partial charge in [0.2, 0.25) is 0 Å². The van der Waals surface area contributed by atoms with Crippen LogP contribution < -0.4 is 11.1 Å². The molecular weight excluding hydrogens is 389 g/mol. The quantitative estimate of drug-likeness (QED) is 0.498. The first kappa shape index (κ1) is 18.2. The summed E-state index contributed by atoms with van der Waals surface area (Å²) in [6, 6.07) is 7.96. The molecule has 1 saturated carbocycles. The second-order valence-electron chi connectivity index (χ2n) is 7.77. The summed E-state index contributed by atoms with van der Waals surface area (Å²) in [5, 5.41) is 4.11. The van der Waals surface area contributed by atoms with Crippen LogP contribution in [0, 0.1) is 35.4 Å². The topological polar surface area (TPSA) is 67.1 Å². The predicted octanol–water partition coefficient (Wildman–Crippen LogP) is 3.91. The van der Waals surface area contributed by atoms with Crippen molar-refractivity contribution in [1.82, 2.24) is 14.9 Å². The fourth-order valence-electron chi connectivity index (χ4n) is 4.16. The van der Waals surface area contributed by atoms with Crippen molar-refractivity contribution in [3.05, 3.63) is 53.1 Å². The van der Waals surface area contributed by atoms with Crippen LogP contribution in [0.5, 0.6) is 0 Å². The monoisotopic (exact) mass is 407 g/mol. The summed E-state index contributed by atoms with van der Waals surface area (Å²) in [5.74, 6) is 8.53. The smallest absolute Gasteiger partial charge is 0.146 e. The standard InChI is InChI=1S/C22H19ClFN5/c1-29-9-16-14(17(16)10-29)4-2-12-6-20-15(8-19(12)25)22(27-11-26-20)28-21-7-13(23)3-5-18(21)24/h3,5-8,11,14,16-17H,9-10,25H2,1H3,(H,26,27,28)/t14?,16-,17?/m0/s1. The normalized spacial score (nSPS) is 22.8. The molecule has 146 valence electrons. The lowest BCUT2D eigenvalue weighted by atomic mass is 10.1. The van der Waals surface area contributed by atoms with E-state index in [0.717, 1.165) is 18.7 Å². The van der Waals surface area contributed by atoms with Gasteiger partial charge in [-0.1, -0.05) is 23.4 Å². The molecule has 3 atom stereocenters. The Kier molecular flexibility index (Phi) is 4.30. The average Bonchev–Trinajstić information content (AvgIpc) is 3.15. The third kappa shape index (κ3) is 3.37. The molecule has 2 fully saturated rings. The van der Waals surface area contributed by atoms with Crippen molar-refractivity contribution in [1.29, 1.82) is 0 Å². The Hall–Kier alpha value is -2.88. The van der Waals surface area contributed by atoms with E-state index in [0.29, 0.717) is 45.2 Å². The second-order valence-corrected chi connectivity index (χ2v) is 8.21. The van der Waals surface area contributed by atoms with E-state index in [1.54, 1.807) is 6.07 Å². The van der Waals surface area contributed by atoms with Crippen LogP contribution in [-0.2, 0) is 0 Å². The maximum Gasteiger partial charge on any atom is 0.146 e. The highest BCUT2D eigenvalue weighted by atomic mass is 35.5. The number of nitrogens with two attached hydrogens (primary N) is 1. The lowest BCUT2D eigenvalue weighted by Crippen LogP contribution is -2.18. The SMILES string of the molecule is CN1CC2C(C#Cc3cc4ncnc(Nc5cc(Cl)ccc5F)c4cc3N)[C@@H]2C1. The molecule has 29 heavy (non-hydrogen) atoms. The molecule has 2 heterocycles. The Balaban J connectivity index is 1.45.